The van der Waals surface area contributed by atoms with Crippen molar-refractivity contribution in [3.63, 3.8) is 0 Å². The lowest BCUT2D eigenvalue weighted by molar-refractivity contribution is -0.140. The Balaban J connectivity index is 1.91. The highest BCUT2D eigenvalue weighted by molar-refractivity contribution is 7.10. The number of carbonyl (C=O) groups excluding carboxylic acids is 1. The molecule has 0 saturated heterocycles. The van der Waals surface area contributed by atoms with Crippen LogP contribution in [0.15, 0.2) is 35.8 Å². The van der Waals surface area contributed by atoms with Crippen molar-refractivity contribution in [2.75, 3.05) is 5.32 Å². The lowest BCUT2D eigenvalue weighted by Gasteiger charge is -2.15. The normalized spacial score (nSPS) is 11.8. The number of aryl methyl sites for hydroxylation is 1. The molecule has 21 heavy (non-hydrogen) atoms. The number of alkyl halides is 2. The predicted molar refractivity (Wildman–Crippen MR) is 77.7 cm³/mol. The van der Waals surface area contributed by atoms with Crippen LogP contribution in [0.2, 0.25) is 0 Å². The maximum absolute atomic E-state index is 14.1. The van der Waals surface area contributed by atoms with E-state index in [0.29, 0.717) is 5.52 Å². The second-order valence-electron chi connectivity index (χ2n) is 4.61. The third kappa shape index (κ3) is 2.40. The van der Waals surface area contributed by atoms with E-state index < -0.39 is 11.8 Å². The first-order valence-corrected chi connectivity index (χ1v) is 7.03. The van der Waals surface area contributed by atoms with Gasteiger partial charge in [0.05, 0.1) is 17.4 Å². The van der Waals surface area contributed by atoms with Crippen molar-refractivity contribution in [3.05, 3.63) is 46.3 Å². The molecule has 0 aliphatic heterocycles. The van der Waals surface area contributed by atoms with Gasteiger partial charge in [0, 0.05) is 21.2 Å². The van der Waals surface area contributed by atoms with Crippen LogP contribution in [0.3, 0.4) is 0 Å². The Morgan fingerprint density at radius 2 is 2.24 bits per heavy atom. The molecule has 0 saturated carbocycles. The van der Waals surface area contributed by atoms with E-state index in [4.69, 9.17) is 0 Å². The van der Waals surface area contributed by atoms with Crippen LogP contribution >= 0.6 is 11.3 Å². The van der Waals surface area contributed by atoms with E-state index in [1.54, 1.807) is 31.3 Å². The van der Waals surface area contributed by atoms with Crippen LogP contribution in [0.4, 0.5) is 14.5 Å². The van der Waals surface area contributed by atoms with Gasteiger partial charge in [0.15, 0.2) is 0 Å². The molecule has 1 amide bonds. The maximum atomic E-state index is 14.1. The molecule has 7 heteroatoms. The Morgan fingerprint density at radius 1 is 1.43 bits per heavy atom. The monoisotopic (exact) mass is 307 g/mol. The van der Waals surface area contributed by atoms with Crippen molar-refractivity contribution >= 4 is 33.8 Å². The number of para-hydroxylation sites is 1. The van der Waals surface area contributed by atoms with Crippen molar-refractivity contribution in [2.24, 2.45) is 0 Å². The molecule has 0 spiro atoms. The minimum absolute atomic E-state index is 0.279. The minimum Gasteiger partial charge on any atom is -0.319 e. The summed E-state index contributed by atoms with van der Waals surface area (Å²) in [5, 5.41) is 10.8. The quantitative estimate of drug-likeness (QED) is 0.776. The average molecular weight is 307 g/mol. The zero-order chi connectivity index (χ0) is 15.0. The zero-order valence-corrected chi connectivity index (χ0v) is 11.8. The van der Waals surface area contributed by atoms with Crippen LogP contribution in [0.25, 0.3) is 10.9 Å². The molecule has 2 heterocycles. The average Bonchev–Trinajstić information content (AvgIpc) is 3.07. The molecule has 0 atom stereocenters. The number of rotatable bonds is 3. The van der Waals surface area contributed by atoms with Gasteiger partial charge in [-0.1, -0.05) is 12.1 Å². The van der Waals surface area contributed by atoms with Crippen molar-refractivity contribution in [1.29, 1.82) is 0 Å². The molecule has 3 aromatic rings. The fourth-order valence-corrected chi connectivity index (χ4v) is 2.74. The molecule has 0 radical (unpaired) electrons. The van der Waals surface area contributed by atoms with Crippen LogP contribution in [0.1, 0.15) is 10.4 Å². The highest BCUT2D eigenvalue weighted by Crippen LogP contribution is 2.33. The number of aromatic amines is 1. The largest absolute Gasteiger partial charge is 0.350 e. The van der Waals surface area contributed by atoms with E-state index in [0.717, 1.165) is 10.3 Å². The van der Waals surface area contributed by atoms with Crippen LogP contribution in [-0.4, -0.2) is 16.1 Å². The summed E-state index contributed by atoms with van der Waals surface area (Å²) >= 11 is 1.18. The Kier molecular flexibility index (Phi) is 3.21. The number of fused-ring (bicyclic) bond motifs is 1. The molecular weight excluding hydrogens is 296 g/mol. The van der Waals surface area contributed by atoms with Gasteiger partial charge >= 0.3 is 5.92 Å². The Labute approximate surface area is 122 Å². The number of nitrogens with zero attached hydrogens (tertiary/aromatic N) is 1. The van der Waals surface area contributed by atoms with Crippen molar-refractivity contribution in [2.45, 2.75) is 12.8 Å². The highest BCUT2D eigenvalue weighted by atomic mass is 32.1. The van der Waals surface area contributed by atoms with E-state index in [2.05, 4.69) is 15.5 Å². The summed E-state index contributed by atoms with van der Waals surface area (Å²) < 4.78 is 28.3. The van der Waals surface area contributed by atoms with Crippen LogP contribution in [-0.2, 0) is 10.7 Å². The van der Waals surface area contributed by atoms with Gasteiger partial charge in [-0.3, -0.25) is 9.89 Å². The summed E-state index contributed by atoms with van der Waals surface area (Å²) in [6.45, 7) is 1.72. The zero-order valence-electron chi connectivity index (χ0n) is 11.0. The van der Waals surface area contributed by atoms with E-state index >= 15 is 0 Å². The summed E-state index contributed by atoms with van der Waals surface area (Å²) in [5.74, 6) is -4.94. The first-order chi connectivity index (χ1) is 9.98. The Morgan fingerprint density at radius 3 is 2.95 bits per heavy atom. The van der Waals surface area contributed by atoms with Crippen LogP contribution in [0, 0.1) is 6.92 Å². The molecule has 2 aromatic heterocycles. The molecule has 1 aromatic carbocycles. The third-order valence-corrected chi connectivity index (χ3v) is 3.96. The van der Waals surface area contributed by atoms with Crippen molar-refractivity contribution < 1.29 is 13.6 Å². The number of aromatic nitrogens is 2. The molecule has 0 aliphatic rings. The molecule has 3 rings (SSSR count). The Hall–Kier alpha value is -2.28. The number of anilines is 1. The van der Waals surface area contributed by atoms with Gasteiger partial charge in [-0.2, -0.15) is 13.9 Å². The molecule has 0 bridgehead atoms. The summed E-state index contributed by atoms with van der Waals surface area (Å²) in [6.07, 6.45) is 1.56. The number of H-pyrrole nitrogens is 1. The smallest absolute Gasteiger partial charge is 0.319 e. The molecule has 0 fully saturated rings. The number of carbonyl (C=O) groups is 1. The number of nitrogens with one attached hydrogen (secondary N) is 2. The maximum Gasteiger partial charge on any atom is 0.350 e. The molecule has 4 nitrogen and oxygen atoms in total. The van der Waals surface area contributed by atoms with E-state index in [1.807, 2.05) is 0 Å². The van der Waals surface area contributed by atoms with E-state index in [1.165, 1.54) is 22.8 Å². The number of benzene rings is 1. The van der Waals surface area contributed by atoms with Gasteiger partial charge in [-0.15, -0.1) is 11.3 Å². The molecule has 0 unspecified atom stereocenters. The SMILES string of the molecule is Cc1cc(C(F)(F)C(=O)Nc2cccc3cn[nH]c23)cs1. The van der Waals surface area contributed by atoms with E-state index in [9.17, 15) is 13.6 Å². The number of hydrogen-bond acceptors (Lipinski definition) is 3. The van der Waals surface area contributed by atoms with Crippen molar-refractivity contribution in [3.8, 4) is 0 Å². The summed E-state index contributed by atoms with van der Waals surface area (Å²) in [6, 6.07) is 6.31. The van der Waals surface area contributed by atoms with Crippen LogP contribution in [0.5, 0.6) is 0 Å². The summed E-state index contributed by atoms with van der Waals surface area (Å²) in [4.78, 5) is 12.6. The fourth-order valence-electron chi connectivity index (χ4n) is 2.01. The van der Waals surface area contributed by atoms with Gasteiger partial charge in [0.2, 0.25) is 0 Å². The predicted octanol–water partition coefficient (Wildman–Crippen LogP) is 3.66. The lowest BCUT2D eigenvalue weighted by atomic mass is 10.1. The molecule has 2 N–H and O–H groups in total. The van der Waals surface area contributed by atoms with Gasteiger partial charge in [0.25, 0.3) is 5.91 Å². The molecule has 108 valence electrons. The van der Waals surface area contributed by atoms with Gasteiger partial charge < -0.3 is 5.32 Å². The van der Waals surface area contributed by atoms with Crippen molar-refractivity contribution in [1.82, 2.24) is 10.2 Å². The highest BCUT2D eigenvalue weighted by Gasteiger charge is 2.41. The third-order valence-electron chi connectivity index (χ3n) is 3.10. The number of thiophene rings is 1. The Bertz CT molecular complexity index is 809. The van der Waals surface area contributed by atoms with Crippen LogP contribution < -0.4 is 5.32 Å². The first-order valence-electron chi connectivity index (χ1n) is 6.15. The second-order valence-corrected chi connectivity index (χ2v) is 5.73. The summed E-state index contributed by atoms with van der Waals surface area (Å²) in [7, 11) is 0. The van der Waals surface area contributed by atoms with Gasteiger partial charge in [-0.25, -0.2) is 0 Å². The number of hydrogen-bond donors (Lipinski definition) is 2. The minimum atomic E-state index is -3.58. The summed E-state index contributed by atoms with van der Waals surface area (Å²) in [5.41, 5.74) is 0.504. The number of amides is 1. The molecule has 0 aliphatic carbocycles. The fraction of sp³-hybridized carbons (Fsp3) is 0.143. The second kappa shape index (κ2) is 4.92. The number of halogens is 2. The first kappa shape index (κ1) is 13.7. The van der Waals surface area contributed by atoms with Gasteiger partial charge in [0.1, 0.15) is 0 Å². The topological polar surface area (TPSA) is 57.8 Å². The standard InChI is InChI=1S/C14H11F2N3OS/c1-8-5-10(7-21-8)14(15,16)13(20)18-11-4-2-3-9-6-17-19-12(9)11/h2-7H,1H3,(H,17,19)(H,18,20). The van der Waals surface area contributed by atoms with Gasteiger partial charge in [-0.05, 0) is 19.1 Å². The molecular formula is C14H11F2N3OS. The lowest BCUT2D eigenvalue weighted by Crippen LogP contribution is -2.31. The van der Waals surface area contributed by atoms with E-state index in [-0.39, 0.29) is 11.3 Å².